The molecule has 1 aromatic rings. The van der Waals surface area contributed by atoms with E-state index in [0.717, 1.165) is 37.4 Å². The zero-order valence-electron chi connectivity index (χ0n) is 12.6. The van der Waals surface area contributed by atoms with Gasteiger partial charge in [-0.3, -0.25) is 15.1 Å². The van der Waals surface area contributed by atoms with Crippen LogP contribution in [0.5, 0.6) is 0 Å². The molecular weight excluding hydrogens is 372 g/mol. The van der Waals surface area contributed by atoms with Gasteiger partial charge in [0.1, 0.15) is 0 Å². The molecule has 1 aliphatic rings. The van der Waals surface area contributed by atoms with Crippen molar-refractivity contribution in [2.45, 2.75) is 39.5 Å². The predicted molar refractivity (Wildman–Crippen MR) is 80.2 cm³/mol. The van der Waals surface area contributed by atoms with E-state index in [9.17, 15) is 0 Å². The van der Waals surface area contributed by atoms with E-state index in [1.807, 2.05) is 13.8 Å². The van der Waals surface area contributed by atoms with E-state index in [-0.39, 0.29) is 38.9 Å². The van der Waals surface area contributed by atoms with Gasteiger partial charge in [0.25, 0.3) is 0 Å². The molecule has 9 heteroatoms. The van der Waals surface area contributed by atoms with Crippen LogP contribution in [0.1, 0.15) is 39.5 Å². The van der Waals surface area contributed by atoms with Crippen molar-refractivity contribution in [2.24, 2.45) is 15.1 Å². The van der Waals surface area contributed by atoms with E-state index in [1.54, 1.807) is 0 Å². The van der Waals surface area contributed by atoms with E-state index in [4.69, 9.17) is 0 Å². The Bertz CT molecular complexity index is 482. The number of hydrogen-bond acceptors (Lipinski definition) is 5. The summed E-state index contributed by atoms with van der Waals surface area (Å²) in [4.78, 5) is 13.0. The number of hydrogen-bond donors (Lipinski definition) is 0. The number of rotatable bonds is 2. The maximum atomic E-state index is 4.55. The van der Waals surface area contributed by atoms with Crippen LogP contribution in [0.2, 0.25) is 0 Å². The molecule has 0 saturated heterocycles. The Labute approximate surface area is 150 Å². The zero-order valence-corrected chi connectivity index (χ0v) is 14.6. The molecule has 124 valence electrons. The van der Waals surface area contributed by atoms with Crippen LogP contribution in [0.25, 0.3) is 5.43 Å². The van der Waals surface area contributed by atoms with Crippen molar-refractivity contribution < 1.29 is 33.0 Å². The molecule has 0 aromatic carbocycles. The molecule has 1 aliphatic heterocycles. The number of aromatic nitrogens is 3. The van der Waals surface area contributed by atoms with Gasteiger partial charge in [-0.2, -0.15) is 0 Å². The Morgan fingerprint density at radius 2 is 1.59 bits per heavy atom. The topological polar surface area (TPSA) is 91.1 Å². The molecule has 0 atom stereocenters. The quantitative estimate of drug-likeness (QED) is 0.573. The SMILES string of the molecule is CC1=NCCCCCCN=C(C)C1=N[N-]c1nnc[n-]1.[Ni+2].[Ni+2]. The molecule has 0 unspecified atom stereocenters. The minimum atomic E-state index is 0. The summed E-state index contributed by atoms with van der Waals surface area (Å²) in [5.41, 5.74) is 6.40. The number of aliphatic imine (C=N–C) groups is 2. The summed E-state index contributed by atoms with van der Waals surface area (Å²) in [5.74, 6) is 0.257. The molecule has 0 fully saturated rings. The molecule has 0 N–H and O–H groups in total. The molecule has 22 heavy (non-hydrogen) atoms. The molecular formula is C13H19N7Ni2+2. The summed E-state index contributed by atoms with van der Waals surface area (Å²) in [6.07, 6.45) is 5.97. The molecule has 1 aromatic heterocycles. The maximum absolute atomic E-state index is 4.55. The van der Waals surface area contributed by atoms with E-state index in [0.29, 0.717) is 5.71 Å². The van der Waals surface area contributed by atoms with Crippen molar-refractivity contribution in [3.05, 3.63) is 11.8 Å². The van der Waals surface area contributed by atoms with Gasteiger partial charge in [-0.05, 0) is 33.0 Å². The Morgan fingerprint density at radius 3 is 2.09 bits per heavy atom. The van der Waals surface area contributed by atoms with Gasteiger partial charge in [0, 0.05) is 13.1 Å². The average molecular weight is 391 g/mol. The average Bonchev–Trinajstić information content (AvgIpc) is 2.93. The second-order valence-electron chi connectivity index (χ2n) is 4.66. The van der Waals surface area contributed by atoms with Crippen LogP contribution >= 0.6 is 0 Å². The van der Waals surface area contributed by atoms with Gasteiger partial charge < -0.3 is 20.6 Å². The molecule has 0 saturated carbocycles. The first-order valence-electron chi connectivity index (χ1n) is 6.89. The van der Waals surface area contributed by atoms with Gasteiger partial charge in [-0.1, -0.05) is 12.8 Å². The summed E-state index contributed by atoms with van der Waals surface area (Å²) in [6, 6.07) is 0. The van der Waals surface area contributed by atoms with Gasteiger partial charge in [-0.15, -0.1) is 5.95 Å². The Kier molecular flexibility index (Phi) is 10.9. The zero-order chi connectivity index (χ0) is 14.2. The van der Waals surface area contributed by atoms with Crippen molar-refractivity contribution >= 4 is 23.1 Å². The summed E-state index contributed by atoms with van der Waals surface area (Å²) in [6.45, 7) is 5.53. The Morgan fingerprint density at radius 1 is 1.00 bits per heavy atom. The van der Waals surface area contributed by atoms with Crippen molar-refractivity contribution in [1.29, 1.82) is 0 Å². The van der Waals surface area contributed by atoms with Crippen LogP contribution in [0.15, 0.2) is 21.4 Å². The Hall–Kier alpha value is -1.06. The molecule has 0 aliphatic carbocycles. The fraction of sp³-hybridized carbons (Fsp3) is 0.615. The fourth-order valence-electron chi connectivity index (χ4n) is 1.95. The first kappa shape index (κ1) is 20.9. The third kappa shape index (κ3) is 6.80. The monoisotopic (exact) mass is 389 g/mol. The molecule has 2 heterocycles. The summed E-state index contributed by atoms with van der Waals surface area (Å²) in [5, 5.41) is 11.5. The van der Waals surface area contributed by atoms with E-state index in [2.05, 4.69) is 35.7 Å². The van der Waals surface area contributed by atoms with Crippen molar-refractivity contribution in [3.8, 4) is 0 Å². The summed E-state index contributed by atoms with van der Waals surface area (Å²) >= 11 is 0. The van der Waals surface area contributed by atoms with Crippen LogP contribution in [0.4, 0.5) is 5.95 Å². The van der Waals surface area contributed by atoms with E-state index < -0.39 is 0 Å². The predicted octanol–water partition coefficient (Wildman–Crippen LogP) is 2.29. The fourth-order valence-corrected chi connectivity index (χ4v) is 1.95. The van der Waals surface area contributed by atoms with Crippen LogP contribution in [-0.4, -0.2) is 40.4 Å². The van der Waals surface area contributed by atoms with Gasteiger partial charge in [-0.25, -0.2) is 0 Å². The minimum absolute atomic E-state index is 0. The van der Waals surface area contributed by atoms with Crippen molar-refractivity contribution in [1.82, 2.24) is 15.2 Å². The van der Waals surface area contributed by atoms with Gasteiger partial charge >= 0.3 is 33.0 Å². The molecule has 0 spiro atoms. The third-order valence-corrected chi connectivity index (χ3v) is 3.06. The van der Waals surface area contributed by atoms with Gasteiger partial charge in [0.05, 0.1) is 17.1 Å². The standard InChI is InChI=1S/C13H19N7.2Ni/c1-10-12(18-20-13-16-9-17-19-13)11(2)15-8-6-4-3-5-7-14-10;;/h9H,3-8H2,1-2H3;;/q-2;2*+2. The van der Waals surface area contributed by atoms with Crippen LogP contribution in [-0.2, 0) is 33.0 Å². The minimum Gasteiger partial charge on any atom is -0.513 e. The van der Waals surface area contributed by atoms with Gasteiger partial charge in [0.15, 0.2) is 0 Å². The number of nitrogens with zero attached hydrogens (tertiary/aromatic N) is 7. The molecule has 7 nitrogen and oxygen atoms in total. The normalized spacial score (nSPS) is 16.2. The second kappa shape index (κ2) is 11.5. The Balaban J connectivity index is 0.00000220. The second-order valence-corrected chi connectivity index (χ2v) is 4.66. The first-order chi connectivity index (χ1) is 9.77. The van der Waals surface area contributed by atoms with E-state index in [1.165, 1.54) is 19.2 Å². The maximum Gasteiger partial charge on any atom is 2.00 e. The molecule has 0 bridgehead atoms. The summed E-state index contributed by atoms with van der Waals surface area (Å²) < 4.78 is 0. The van der Waals surface area contributed by atoms with Crippen molar-refractivity contribution in [3.63, 3.8) is 0 Å². The summed E-state index contributed by atoms with van der Waals surface area (Å²) in [7, 11) is 0. The largest absolute Gasteiger partial charge is 2.00 e. The molecule has 2 rings (SSSR count). The molecule has 0 radical (unpaired) electrons. The molecule has 0 amide bonds. The van der Waals surface area contributed by atoms with Crippen LogP contribution in [0.3, 0.4) is 0 Å². The van der Waals surface area contributed by atoms with Crippen LogP contribution in [0, 0.1) is 0 Å². The third-order valence-electron chi connectivity index (χ3n) is 3.06. The van der Waals surface area contributed by atoms with Crippen LogP contribution < -0.4 is 4.98 Å². The van der Waals surface area contributed by atoms with E-state index >= 15 is 0 Å². The van der Waals surface area contributed by atoms with Crippen molar-refractivity contribution in [2.75, 3.05) is 13.1 Å². The first-order valence-corrected chi connectivity index (χ1v) is 6.89. The smallest absolute Gasteiger partial charge is 0.513 e. The van der Waals surface area contributed by atoms with Gasteiger partial charge in [0.2, 0.25) is 0 Å².